The molecule has 0 amide bonds. The summed E-state index contributed by atoms with van der Waals surface area (Å²) >= 11 is 0. The van der Waals surface area contributed by atoms with E-state index in [1.807, 2.05) is 18.2 Å². The van der Waals surface area contributed by atoms with Crippen molar-refractivity contribution in [2.24, 2.45) is 0 Å². The van der Waals surface area contributed by atoms with Crippen LogP contribution in [0.3, 0.4) is 0 Å². The number of benzene rings is 2. The van der Waals surface area contributed by atoms with Crippen molar-refractivity contribution >= 4 is 10.8 Å². The van der Waals surface area contributed by atoms with E-state index < -0.39 is 0 Å². The maximum atomic E-state index is 5.52. The van der Waals surface area contributed by atoms with Crippen LogP contribution in [0, 0.1) is 0 Å². The number of nitrogens with zero attached hydrogens (tertiary/aromatic N) is 3. The summed E-state index contributed by atoms with van der Waals surface area (Å²) in [5, 5.41) is 6.56. The fourth-order valence-corrected chi connectivity index (χ4v) is 3.12. The minimum Gasteiger partial charge on any atom is -0.337 e. The molecule has 1 fully saturated rings. The normalized spacial score (nSPS) is 19.4. The fourth-order valence-electron chi connectivity index (χ4n) is 3.12. The van der Waals surface area contributed by atoms with Gasteiger partial charge in [-0.25, -0.2) is 0 Å². The van der Waals surface area contributed by atoms with Crippen molar-refractivity contribution in [2.75, 3.05) is 13.6 Å². The lowest BCUT2D eigenvalue weighted by Crippen LogP contribution is -2.17. The number of hydrogen-bond donors (Lipinski definition) is 0. The highest BCUT2D eigenvalue weighted by Crippen LogP contribution is 2.32. The molecule has 0 spiro atoms. The first kappa shape index (κ1) is 12.5. The van der Waals surface area contributed by atoms with Gasteiger partial charge in [0.1, 0.15) is 0 Å². The Balaban J connectivity index is 1.78. The van der Waals surface area contributed by atoms with Gasteiger partial charge in [-0.3, -0.25) is 4.90 Å². The molecule has 0 bridgehead atoms. The van der Waals surface area contributed by atoms with Crippen molar-refractivity contribution < 1.29 is 4.52 Å². The SMILES string of the molecule is CN1CCC[C@H]1c1nc(-c2cccc3ccccc23)no1. The van der Waals surface area contributed by atoms with Crippen LogP contribution < -0.4 is 0 Å². The molecule has 0 aliphatic carbocycles. The summed E-state index contributed by atoms with van der Waals surface area (Å²) in [4.78, 5) is 6.92. The zero-order valence-corrected chi connectivity index (χ0v) is 12.0. The summed E-state index contributed by atoms with van der Waals surface area (Å²) in [6, 6.07) is 14.7. The van der Waals surface area contributed by atoms with E-state index >= 15 is 0 Å². The third-order valence-electron chi connectivity index (χ3n) is 4.28. The molecule has 2 heterocycles. The third-order valence-corrected chi connectivity index (χ3v) is 4.28. The minimum absolute atomic E-state index is 0.265. The molecule has 4 heteroatoms. The molecule has 1 saturated heterocycles. The van der Waals surface area contributed by atoms with Crippen LogP contribution in [0.1, 0.15) is 24.8 Å². The molecule has 0 N–H and O–H groups in total. The van der Waals surface area contributed by atoms with Gasteiger partial charge in [-0.05, 0) is 37.2 Å². The zero-order valence-electron chi connectivity index (χ0n) is 12.0. The van der Waals surface area contributed by atoms with Crippen molar-refractivity contribution in [1.29, 1.82) is 0 Å². The van der Waals surface area contributed by atoms with Gasteiger partial charge < -0.3 is 4.52 Å². The number of fused-ring (bicyclic) bond motifs is 1. The van der Waals surface area contributed by atoms with Crippen molar-refractivity contribution in [3.63, 3.8) is 0 Å². The Morgan fingerprint density at radius 3 is 2.86 bits per heavy atom. The van der Waals surface area contributed by atoms with E-state index in [4.69, 9.17) is 4.52 Å². The molecular formula is C17H17N3O. The molecule has 1 aliphatic heterocycles. The van der Waals surface area contributed by atoms with Crippen LogP contribution in [-0.2, 0) is 0 Å². The highest BCUT2D eigenvalue weighted by atomic mass is 16.5. The number of likely N-dealkylation sites (tertiary alicyclic amines) is 1. The van der Waals surface area contributed by atoms with Gasteiger partial charge in [0, 0.05) is 5.56 Å². The van der Waals surface area contributed by atoms with Crippen LogP contribution >= 0.6 is 0 Å². The second-order valence-corrected chi connectivity index (χ2v) is 5.62. The first-order chi connectivity index (χ1) is 10.3. The van der Waals surface area contributed by atoms with Gasteiger partial charge in [0.15, 0.2) is 0 Å². The Kier molecular flexibility index (Phi) is 2.97. The monoisotopic (exact) mass is 279 g/mol. The van der Waals surface area contributed by atoms with E-state index in [0.29, 0.717) is 5.82 Å². The van der Waals surface area contributed by atoms with E-state index in [1.54, 1.807) is 0 Å². The standard InChI is InChI=1S/C17H17N3O/c1-20-11-5-10-15(20)17-18-16(19-21-17)14-9-4-7-12-6-2-3-8-13(12)14/h2-4,6-9,15H,5,10-11H2,1H3/t15-/m0/s1. The summed E-state index contributed by atoms with van der Waals surface area (Å²) in [5.41, 5.74) is 1.03. The van der Waals surface area contributed by atoms with Crippen LogP contribution in [-0.4, -0.2) is 28.6 Å². The fraction of sp³-hybridized carbons (Fsp3) is 0.294. The second kappa shape index (κ2) is 4.97. The van der Waals surface area contributed by atoms with E-state index in [0.717, 1.165) is 29.8 Å². The summed E-state index contributed by atoms with van der Waals surface area (Å²) in [5.74, 6) is 1.42. The average molecular weight is 279 g/mol. The molecule has 4 nitrogen and oxygen atoms in total. The molecule has 1 aliphatic rings. The summed E-state index contributed by atoms with van der Waals surface area (Å²) < 4.78 is 5.52. The van der Waals surface area contributed by atoms with Gasteiger partial charge >= 0.3 is 0 Å². The van der Waals surface area contributed by atoms with Crippen molar-refractivity contribution in [3.8, 4) is 11.4 Å². The highest BCUT2D eigenvalue weighted by Gasteiger charge is 2.28. The molecule has 0 unspecified atom stereocenters. The largest absolute Gasteiger partial charge is 0.337 e. The summed E-state index contributed by atoms with van der Waals surface area (Å²) in [6.07, 6.45) is 2.28. The van der Waals surface area contributed by atoms with Gasteiger partial charge in [0.25, 0.3) is 0 Å². The highest BCUT2D eigenvalue weighted by molar-refractivity contribution is 5.94. The lowest BCUT2D eigenvalue weighted by atomic mass is 10.0. The predicted octanol–water partition coefficient (Wildman–Crippen LogP) is 3.66. The predicted molar refractivity (Wildman–Crippen MR) is 81.8 cm³/mol. The van der Waals surface area contributed by atoms with Crippen LogP contribution in [0.15, 0.2) is 47.0 Å². The summed E-state index contributed by atoms with van der Waals surface area (Å²) in [7, 11) is 2.11. The molecular weight excluding hydrogens is 262 g/mol. The first-order valence-electron chi connectivity index (χ1n) is 7.35. The van der Waals surface area contributed by atoms with Gasteiger partial charge in [-0.1, -0.05) is 47.6 Å². The van der Waals surface area contributed by atoms with Crippen molar-refractivity contribution in [2.45, 2.75) is 18.9 Å². The molecule has 0 radical (unpaired) electrons. The van der Waals surface area contributed by atoms with Crippen LogP contribution in [0.25, 0.3) is 22.2 Å². The van der Waals surface area contributed by atoms with E-state index in [9.17, 15) is 0 Å². The Bertz CT molecular complexity index is 775. The van der Waals surface area contributed by atoms with E-state index in [1.165, 1.54) is 11.8 Å². The van der Waals surface area contributed by atoms with Gasteiger partial charge in [0.05, 0.1) is 6.04 Å². The third kappa shape index (κ3) is 2.12. The molecule has 106 valence electrons. The number of aromatic nitrogens is 2. The summed E-state index contributed by atoms with van der Waals surface area (Å²) in [6.45, 7) is 1.09. The maximum absolute atomic E-state index is 5.52. The Morgan fingerprint density at radius 1 is 1.14 bits per heavy atom. The van der Waals surface area contributed by atoms with Gasteiger partial charge in [0.2, 0.25) is 11.7 Å². The molecule has 0 saturated carbocycles. The zero-order chi connectivity index (χ0) is 14.2. The number of rotatable bonds is 2. The van der Waals surface area contributed by atoms with Crippen LogP contribution in [0.2, 0.25) is 0 Å². The number of hydrogen-bond acceptors (Lipinski definition) is 4. The molecule has 1 aromatic heterocycles. The second-order valence-electron chi connectivity index (χ2n) is 5.62. The maximum Gasteiger partial charge on any atom is 0.244 e. The van der Waals surface area contributed by atoms with E-state index in [2.05, 4.69) is 46.4 Å². The van der Waals surface area contributed by atoms with Crippen molar-refractivity contribution in [3.05, 3.63) is 48.4 Å². The first-order valence-corrected chi connectivity index (χ1v) is 7.35. The van der Waals surface area contributed by atoms with Gasteiger partial charge in [-0.2, -0.15) is 4.98 Å². The Morgan fingerprint density at radius 2 is 2.00 bits per heavy atom. The quantitative estimate of drug-likeness (QED) is 0.718. The smallest absolute Gasteiger partial charge is 0.244 e. The lowest BCUT2D eigenvalue weighted by molar-refractivity contribution is 0.245. The van der Waals surface area contributed by atoms with Crippen LogP contribution in [0.4, 0.5) is 0 Å². The molecule has 21 heavy (non-hydrogen) atoms. The van der Waals surface area contributed by atoms with Crippen molar-refractivity contribution in [1.82, 2.24) is 15.0 Å². The average Bonchev–Trinajstić information content (AvgIpc) is 3.15. The molecule has 2 aromatic carbocycles. The lowest BCUT2D eigenvalue weighted by Gasteiger charge is -2.14. The molecule has 3 aromatic rings. The van der Waals surface area contributed by atoms with Crippen LogP contribution in [0.5, 0.6) is 0 Å². The Labute approximate surface area is 123 Å². The Hall–Kier alpha value is -2.20. The molecule has 1 atom stereocenters. The van der Waals surface area contributed by atoms with E-state index in [-0.39, 0.29) is 6.04 Å². The minimum atomic E-state index is 0.265. The molecule has 4 rings (SSSR count). The topological polar surface area (TPSA) is 42.2 Å². The van der Waals surface area contributed by atoms with Gasteiger partial charge in [-0.15, -0.1) is 0 Å².